The van der Waals surface area contributed by atoms with Crippen molar-refractivity contribution in [1.82, 2.24) is 9.97 Å². The predicted octanol–water partition coefficient (Wildman–Crippen LogP) is 1.87. The summed E-state index contributed by atoms with van der Waals surface area (Å²) >= 11 is 1.36. The Morgan fingerprint density at radius 3 is 2.88 bits per heavy atom. The molecule has 0 aliphatic carbocycles. The van der Waals surface area contributed by atoms with Crippen LogP contribution in [0.25, 0.3) is 0 Å². The molecule has 1 aromatic heterocycles. The minimum atomic E-state index is -0.223. The normalized spacial score (nSPS) is 10.1. The quantitative estimate of drug-likeness (QED) is 0.475. The van der Waals surface area contributed by atoms with Gasteiger partial charge in [-0.1, -0.05) is 11.8 Å². The molecule has 0 bridgehead atoms. The number of aryl methyl sites for hydroxylation is 1. The van der Waals surface area contributed by atoms with Crippen LogP contribution in [-0.4, -0.2) is 34.8 Å². The van der Waals surface area contributed by atoms with Crippen LogP contribution in [0.1, 0.15) is 19.5 Å². The van der Waals surface area contributed by atoms with Crippen LogP contribution < -0.4 is 5.32 Å². The van der Waals surface area contributed by atoms with E-state index in [1.54, 1.807) is 6.92 Å². The molecule has 1 heterocycles. The van der Waals surface area contributed by atoms with Gasteiger partial charge < -0.3 is 10.1 Å². The van der Waals surface area contributed by atoms with Crippen molar-refractivity contribution in [2.24, 2.45) is 0 Å². The second-order valence-electron chi connectivity index (χ2n) is 3.30. The van der Waals surface area contributed by atoms with Gasteiger partial charge in [0.15, 0.2) is 0 Å². The number of esters is 1. The predicted molar refractivity (Wildman–Crippen MR) is 68.3 cm³/mol. The molecule has 6 heteroatoms. The van der Waals surface area contributed by atoms with E-state index in [1.165, 1.54) is 11.8 Å². The Morgan fingerprint density at radius 1 is 1.47 bits per heavy atom. The van der Waals surface area contributed by atoms with Crippen molar-refractivity contribution >= 4 is 23.7 Å². The van der Waals surface area contributed by atoms with E-state index in [0.29, 0.717) is 12.6 Å². The van der Waals surface area contributed by atoms with Crippen LogP contribution in [0, 0.1) is 6.92 Å². The van der Waals surface area contributed by atoms with E-state index < -0.39 is 0 Å². The van der Waals surface area contributed by atoms with Gasteiger partial charge in [-0.3, -0.25) is 4.79 Å². The van der Waals surface area contributed by atoms with Crippen molar-refractivity contribution in [3.63, 3.8) is 0 Å². The lowest BCUT2D eigenvalue weighted by atomic mass is 10.5. The maximum absolute atomic E-state index is 11.2. The van der Waals surface area contributed by atoms with Crippen LogP contribution in [0.4, 0.5) is 5.95 Å². The maximum Gasteiger partial charge on any atom is 0.316 e. The minimum Gasteiger partial charge on any atom is -0.465 e. The highest BCUT2D eigenvalue weighted by Gasteiger charge is 2.06. The molecule has 1 rings (SSSR count). The van der Waals surface area contributed by atoms with Crippen LogP contribution in [0.2, 0.25) is 0 Å². The molecular formula is C11H17N3O2S. The SMILES string of the molecule is CCNc1nc(C)cc(SCC(=O)OCC)n1. The van der Waals surface area contributed by atoms with Crippen molar-refractivity contribution in [2.45, 2.75) is 25.8 Å². The van der Waals surface area contributed by atoms with Gasteiger partial charge in [0.1, 0.15) is 5.03 Å². The van der Waals surface area contributed by atoms with Gasteiger partial charge in [0, 0.05) is 12.2 Å². The van der Waals surface area contributed by atoms with E-state index in [1.807, 2.05) is 19.9 Å². The van der Waals surface area contributed by atoms with Crippen molar-refractivity contribution < 1.29 is 9.53 Å². The summed E-state index contributed by atoms with van der Waals surface area (Å²) in [6.45, 7) is 6.85. The Hall–Kier alpha value is -1.30. The lowest BCUT2D eigenvalue weighted by molar-refractivity contribution is -0.139. The summed E-state index contributed by atoms with van der Waals surface area (Å²) in [6.07, 6.45) is 0. The van der Waals surface area contributed by atoms with Crippen LogP contribution >= 0.6 is 11.8 Å². The summed E-state index contributed by atoms with van der Waals surface area (Å²) in [6, 6.07) is 1.85. The highest BCUT2D eigenvalue weighted by molar-refractivity contribution is 7.99. The van der Waals surface area contributed by atoms with Gasteiger partial charge in [-0.05, 0) is 26.8 Å². The number of nitrogens with zero attached hydrogens (tertiary/aromatic N) is 2. The molecule has 0 radical (unpaired) electrons. The first-order chi connectivity index (χ1) is 8.15. The summed E-state index contributed by atoms with van der Waals surface area (Å²) in [5.41, 5.74) is 0.877. The highest BCUT2D eigenvalue weighted by atomic mass is 32.2. The first-order valence-corrected chi connectivity index (χ1v) is 6.52. The second kappa shape index (κ2) is 7.11. The number of ether oxygens (including phenoxy) is 1. The highest BCUT2D eigenvalue weighted by Crippen LogP contribution is 2.17. The average molecular weight is 255 g/mol. The molecule has 5 nitrogen and oxygen atoms in total. The Labute approximate surface area is 105 Å². The third-order valence-corrected chi connectivity index (χ3v) is 2.69. The fourth-order valence-electron chi connectivity index (χ4n) is 1.19. The van der Waals surface area contributed by atoms with Gasteiger partial charge >= 0.3 is 5.97 Å². The van der Waals surface area contributed by atoms with E-state index in [9.17, 15) is 4.79 Å². The molecule has 1 N–H and O–H groups in total. The standard InChI is InChI=1S/C11H17N3O2S/c1-4-12-11-13-8(3)6-9(14-11)17-7-10(15)16-5-2/h6H,4-5,7H2,1-3H3,(H,12,13,14). The zero-order chi connectivity index (χ0) is 12.7. The number of thioether (sulfide) groups is 1. The van der Waals surface area contributed by atoms with Crippen molar-refractivity contribution in [3.05, 3.63) is 11.8 Å². The summed E-state index contributed by atoms with van der Waals surface area (Å²) < 4.78 is 4.85. The Kier molecular flexibility index (Phi) is 5.76. The molecule has 0 spiro atoms. The lowest BCUT2D eigenvalue weighted by Crippen LogP contribution is -2.08. The number of hydrogen-bond donors (Lipinski definition) is 1. The third kappa shape index (κ3) is 5.04. The molecule has 0 aliphatic heterocycles. The number of nitrogens with one attached hydrogen (secondary N) is 1. The molecule has 0 unspecified atom stereocenters. The van der Waals surface area contributed by atoms with E-state index >= 15 is 0 Å². The number of carbonyl (C=O) groups is 1. The van der Waals surface area contributed by atoms with E-state index in [0.717, 1.165) is 17.3 Å². The largest absolute Gasteiger partial charge is 0.465 e. The number of carbonyl (C=O) groups excluding carboxylic acids is 1. The molecule has 0 saturated heterocycles. The fraction of sp³-hybridized carbons (Fsp3) is 0.545. The van der Waals surface area contributed by atoms with Crippen molar-refractivity contribution in [1.29, 1.82) is 0 Å². The third-order valence-electron chi connectivity index (χ3n) is 1.81. The van der Waals surface area contributed by atoms with Crippen molar-refractivity contribution in [3.8, 4) is 0 Å². The van der Waals surface area contributed by atoms with Crippen LogP contribution in [0.5, 0.6) is 0 Å². The Morgan fingerprint density at radius 2 is 2.24 bits per heavy atom. The Bertz CT molecular complexity index is 385. The monoisotopic (exact) mass is 255 g/mol. The molecule has 0 aromatic carbocycles. The first-order valence-electron chi connectivity index (χ1n) is 5.53. The summed E-state index contributed by atoms with van der Waals surface area (Å²) in [7, 11) is 0. The fourth-order valence-corrected chi connectivity index (χ4v) is 1.94. The average Bonchev–Trinajstić information content (AvgIpc) is 2.26. The van der Waals surface area contributed by atoms with Gasteiger partial charge in [0.2, 0.25) is 5.95 Å². The first kappa shape index (κ1) is 13.8. The van der Waals surface area contributed by atoms with Crippen molar-refractivity contribution in [2.75, 3.05) is 24.2 Å². The van der Waals surface area contributed by atoms with Gasteiger partial charge in [0.25, 0.3) is 0 Å². The molecule has 0 saturated carbocycles. The molecule has 0 amide bonds. The van der Waals surface area contributed by atoms with Crippen LogP contribution in [-0.2, 0) is 9.53 Å². The topological polar surface area (TPSA) is 64.1 Å². The van der Waals surface area contributed by atoms with E-state index in [2.05, 4.69) is 15.3 Å². The molecule has 0 aliphatic rings. The van der Waals surface area contributed by atoms with Crippen LogP contribution in [0.3, 0.4) is 0 Å². The zero-order valence-corrected chi connectivity index (χ0v) is 11.1. The minimum absolute atomic E-state index is 0.223. The van der Waals surface area contributed by atoms with E-state index in [-0.39, 0.29) is 11.7 Å². The maximum atomic E-state index is 11.2. The molecule has 94 valence electrons. The molecule has 0 fully saturated rings. The van der Waals surface area contributed by atoms with Crippen LogP contribution in [0.15, 0.2) is 11.1 Å². The van der Waals surface area contributed by atoms with Gasteiger partial charge in [-0.15, -0.1) is 0 Å². The lowest BCUT2D eigenvalue weighted by Gasteiger charge is -2.06. The number of rotatable bonds is 6. The van der Waals surface area contributed by atoms with Gasteiger partial charge in [-0.2, -0.15) is 0 Å². The van der Waals surface area contributed by atoms with Gasteiger partial charge in [0.05, 0.1) is 12.4 Å². The molecule has 17 heavy (non-hydrogen) atoms. The summed E-state index contributed by atoms with van der Waals surface area (Å²) in [5.74, 6) is 0.646. The van der Waals surface area contributed by atoms with E-state index in [4.69, 9.17) is 4.74 Å². The molecule has 0 atom stereocenters. The summed E-state index contributed by atoms with van der Waals surface area (Å²) in [5, 5.41) is 3.83. The zero-order valence-electron chi connectivity index (χ0n) is 10.3. The number of anilines is 1. The second-order valence-corrected chi connectivity index (χ2v) is 4.29. The summed E-state index contributed by atoms with van der Waals surface area (Å²) in [4.78, 5) is 19.7. The smallest absolute Gasteiger partial charge is 0.316 e. The Balaban J connectivity index is 2.61. The molecular weight excluding hydrogens is 238 g/mol. The number of hydrogen-bond acceptors (Lipinski definition) is 6. The molecule has 1 aromatic rings. The van der Waals surface area contributed by atoms with Gasteiger partial charge in [-0.25, -0.2) is 9.97 Å². The number of aromatic nitrogens is 2.